The van der Waals surface area contributed by atoms with Crippen molar-refractivity contribution in [2.75, 3.05) is 25.2 Å². The van der Waals surface area contributed by atoms with Gasteiger partial charge < -0.3 is 10.1 Å². The minimum atomic E-state index is -2.85. The summed E-state index contributed by atoms with van der Waals surface area (Å²) in [5.74, 6) is 0.462. The molecule has 0 aromatic heterocycles. The van der Waals surface area contributed by atoms with Gasteiger partial charge >= 0.3 is 0 Å². The normalized spacial score (nSPS) is 26.9. The summed E-state index contributed by atoms with van der Waals surface area (Å²) in [6.07, 6.45) is 4.83. The fourth-order valence-corrected chi connectivity index (χ4v) is 2.87. The Morgan fingerprint density at radius 2 is 2.00 bits per heavy atom. The van der Waals surface area contributed by atoms with Crippen molar-refractivity contribution in [3.05, 3.63) is 0 Å². The predicted molar refractivity (Wildman–Crippen MR) is 65.4 cm³/mol. The minimum absolute atomic E-state index is 0.229. The second-order valence-corrected chi connectivity index (χ2v) is 6.83. The molecule has 4 nitrogen and oxygen atoms in total. The highest BCUT2D eigenvalue weighted by Gasteiger charge is 2.24. The molecule has 2 unspecified atom stereocenters. The number of nitrogens with one attached hydrogen (secondary N) is 1. The van der Waals surface area contributed by atoms with Gasteiger partial charge in [0.2, 0.25) is 0 Å². The van der Waals surface area contributed by atoms with Gasteiger partial charge in [-0.05, 0) is 12.8 Å². The second-order valence-electron chi connectivity index (χ2n) is 4.36. The standard InChI is InChI=1S/C11H23NO3S/c1-3-16(13,14)9-8-12-10-6-4-5-7-11(10)15-2/h10-12H,3-9H2,1-2H3. The van der Waals surface area contributed by atoms with E-state index in [2.05, 4.69) is 5.32 Å². The molecule has 0 bridgehead atoms. The highest BCUT2D eigenvalue weighted by atomic mass is 32.2. The van der Waals surface area contributed by atoms with Crippen LogP contribution in [0.3, 0.4) is 0 Å². The first-order valence-corrected chi connectivity index (χ1v) is 7.88. The topological polar surface area (TPSA) is 55.4 Å². The van der Waals surface area contributed by atoms with E-state index in [0.29, 0.717) is 12.6 Å². The summed E-state index contributed by atoms with van der Waals surface area (Å²) in [6.45, 7) is 2.23. The molecule has 96 valence electrons. The number of sulfone groups is 1. The summed E-state index contributed by atoms with van der Waals surface area (Å²) in [6, 6.07) is 0.325. The van der Waals surface area contributed by atoms with E-state index in [1.807, 2.05) is 0 Å². The average Bonchev–Trinajstić information content (AvgIpc) is 2.29. The van der Waals surface area contributed by atoms with Crippen LogP contribution in [0.2, 0.25) is 0 Å². The van der Waals surface area contributed by atoms with Crippen LogP contribution in [0.25, 0.3) is 0 Å². The van der Waals surface area contributed by atoms with Gasteiger partial charge in [0.05, 0.1) is 11.9 Å². The Morgan fingerprint density at radius 3 is 2.62 bits per heavy atom. The van der Waals surface area contributed by atoms with Crippen molar-refractivity contribution in [1.29, 1.82) is 0 Å². The van der Waals surface area contributed by atoms with Crippen LogP contribution < -0.4 is 5.32 Å². The molecule has 1 aliphatic carbocycles. The van der Waals surface area contributed by atoms with Crippen molar-refractivity contribution in [1.82, 2.24) is 5.32 Å². The van der Waals surface area contributed by atoms with E-state index < -0.39 is 9.84 Å². The zero-order valence-electron chi connectivity index (χ0n) is 10.2. The van der Waals surface area contributed by atoms with Crippen molar-refractivity contribution < 1.29 is 13.2 Å². The van der Waals surface area contributed by atoms with Crippen LogP contribution >= 0.6 is 0 Å². The predicted octanol–water partition coefficient (Wildman–Crippen LogP) is 0.968. The lowest BCUT2D eigenvalue weighted by atomic mass is 9.92. The van der Waals surface area contributed by atoms with Crippen LogP contribution in [0.5, 0.6) is 0 Å². The molecular formula is C11H23NO3S. The monoisotopic (exact) mass is 249 g/mol. The molecule has 16 heavy (non-hydrogen) atoms. The molecule has 0 radical (unpaired) electrons. The number of hydrogen-bond acceptors (Lipinski definition) is 4. The van der Waals surface area contributed by atoms with E-state index in [1.54, 1.807) is 14.0 Å². The fourth-order valence-electron chi connectivity index (χ4n) is 2.16. The van der Waals surface area contributed by atoms with Crippen molar-refractivity contribution >= 4 is 9.84 Å². The van der Waals surface area contributed by atoms with Gasteiger partial charge in [0.1, 0.15) is 0 Å². The van der Waals surface area contributed by atoms with Gasteiger partial charge in [-0.3, -0.25) is 0 Å². The summed E-state index contributed by atoms with van der Waals surface area (Å²) < 4.78 is 28.0. The number of methoxy groups -OCH3 is 1. The third-order valence-corrected chi connectivity index (χ3v) is 4.97. The lowest BCUT2D eigenvalue weighted by Gasteiger charge is -2.31. The number of rotatable bonds is 6. The van der Waals surface area contributed by atoms with Gasteiger partial charge in [-0.1, -0.05) is 19.8 Å². The minimum Gasteiger partial charge on any atom is -0.380 e. The first-order chi connectivity index (χ1) is 7.59. The third-order valence-electron chi connectivity index (χ3n) is 3.26. The highest BCUT2D eigenvalue weighted by molar-refractivity contribution is 7.91. The van der Waals surface area contributed by atoms with Crippen LogP contribution in [0, 0.1) is 0 Å². The smallest absolute Gasteiger partial charge is 0.151 e. The quantitative estimate of drug-likeness (QED) is 0.762. The molecule has 1 fully saturated rings. The van der Waals surface area contributed by atoms with Crippen LogP contribution in [0.1, 0.15) is 32.6 Å². The molecule has 0 aliphatic heterocycles. The molecule has 0 spiro atoms. The number of ether oxygens (including phenoxy) is 1. The first-order valence-electron chi connectivity index (χ1n) is 6.05. The van der Waals surface area contributed by atoms with E-state index in [-0.39, 0.29) is 17.6 Å². The fraction of sp³-hybridized carbons (Fsp3) is 1.00. The van der Waals surface area contributed by atoms with Crippen LogP contribution in [0.4, 0.5) is 0 Å². The van der Waals surface area contributed by atoms with E-state index in [4.69, 9.17) is 4.74 Å². The van der Waals surface area contributed by atoms with Crippen LogP contribution in [-0.4, -0.2) is 45.7 Å². The van der Waals surface area contributed by atoms with Crippen LogP contribution in [-0.2, 0) is 14.6 Å². The largest absolute Gasteiger partial charge is 0.380 e. The maximum atomic E-state index is 11.3. The van der Waals surface area contributed by atoms with Gasteiger partial charge in [0, 0.05) is 25.4 Å². The van der Waals surface area contributed by atoms with E-state index in [9.17, 15) is 8.42 Å². The average molecular weight is 249 g/mol. The van der Waals surface area contributed by atoms with E-state index in [0.717, 1.165) is 12.8 Å². The molecule has 0 heterocycles. The molecule has 1 saturated carbocycles. The summed E-state index contributed by atoms with van der Waals surface area (Å²) in [5, 5.41) is 3.31. The van der Waals surface area contributed by atoms with Gasteiger partial charge in [-0.25, -0.2) is 8.42 Å². The molecular weight excluding hydrogens is 226 g/mol. The van der Waals surface area contributed by atoms with E-state index in [1.165, 1.54) is 12.8 Å². The molecule has 1 N–H and O–H groups in total. The van der Waals surface area contributed by atoms with Gasteiger partial charge in [0.15, 0.2) is 9.84 Å². The Morgan fingerprint density at radius 1 is 1.31 bits per heavy atom. The van der Waals surface area contributed by atoms with Gasteiger partial charge in [-0.15, -0.1) is 0 Å². The molecule has 1 rings (SSSR count). The maximum absolute atomic E-state index is 11.3. The Kier molecular flexibility index (Phi) is 5.72. The van der Waals surface area contributed by atoms with Gasteiger partial charge in [-0.2, -0.15) is 0 Å². The van der Waals surface area contributed by atoms with Gasteiger partial charge in [0.25, 0.3) is 0 Å². The third kappa shape index (κ3) is 4.39. The second kappa shape index (κ2) is 6.57. The molecule has 1 aliphatic rings. The Labute approximate surface area is 98.7 Å². The summed E-state index contributed by atoms with van der Waals surface area (Å²) in [5.41, 5.74) is 0. The molecule has 0 amide bonds. The lowest BCUT2D eigenvalue weighted by Crippen LogP contribution is -2.44. The van der Waals surface area contributed by atoms with Crippen LogP contribution in [0.15, 0.2) is 0 Å². The Balaban J connectivity index is 2.30. The summed E-state index contributed by atoms with van der Waals surface area (Å²) >= 11 is 0. The van der Waals surface area contributed by atoms with Crippen molar-refractivity contribution in [3.63, 3.8) is 0 Å². The van der Waals surface area contributed by atoms with Crippen molar-refractivity contribution in [3.8, 4) is 0 Å². The Hall–Kier alpha value is -0.130. The van der Waals surface area contributed by atoms with Crippen molar-refractivity contribution in [2.45, 2.75) is 44.8 Å². The molecule has 0 aromatic rings. The molecule has 0 aromatic carbocycles. The zero-order valence-corrected chi connectivity index (χ0v) is 11.1. The first kappa shape index (κ1) is 13.9. The zero-order chi connectivity index (χ0) is 12.0. The molecule has 0 saturated heterocycles. The number of hydrogen-bond donors (Lipinski definition) is 1. The maximum Gasteiger partial charge on any atom is 0.151 e. The summed E-state index contributed by atoms with van der Waals surface area (Å²) in [7, 11) is -1.12. The van der Waals surface area contributed by atoms with Crippen molar-refractivity contribution in [2.24, 2.45) is 0 Å². The van der Waals surface area contributed by atoms with E-state index >= 15 is 0 Å². The highest BCUT2D eigenvalue weighted by Crippen LogP contribution is 2.20. The summed E-state index contributed by atoms with van der Waals surface area (Å²) in [4.78, 5) is 0. The molecule has 2 atom stereocenters. The SMILES string of the molecule is CCS(=O)(=O)CCNC1CCCCC1OC. The molecule has 5 heteroatoms. The Bertz CT molecular complexity index is 290. The lowest BCUT2D eigenvalue weighted by molar-refractivity contribution is 0.0426.